The van der Waals surface area contributed by atoms with Gasteiger partial charge in [-0.2, -0.15) is 0 Å². The maximum Gasteiger partial charge on any atom is 0.153 e. The molecule has 0 amide bonds. The third-order valence-electron chi connectivity index (χ3n) is 2.05. The van der Waals surface area contributed by atoms with Crippen LogP contribution in [-0.4, -0.2) is 4.98 Å². The molecule has 0 spiro atoms. The monoisotopic (exact) mass is 281 g/mol. The fourth-order valence-electron chi connectivity index (χ4n) is 1.26. The Morgan fingerprint density at radius 3 is 2.75 bits per heavy atom. The van der Waals surface area contributed by atoms with Crippen LogP contribution in [0.5, 0.6) is 0 Å². The van der Waals surface area contributed by atoms with Crippen molar-refractivity contribution >= 4 is 33.1 Å². The maximum atomic E-state index is 13.5. The number of halogens is 2. The number of nitrogens with zero attached hydrogens (tertiary/aromatic N) is 1. The van der Waals surface area contributed by atoms with Gasteiger partial charge in [0.25, 0.3) is 0 Å². The molecular formula is C11H9BrFN3. The van der Waals surface area contributed by atoms with Gasteiger partial charge in [0.15, 0.2) is 5.82 Å². The van der Waals surface area contributed by atoms with Gasteiger partial charge in [-0.15, -0.1) is 0 Å². The average Bonchev–Trinajstić information content (AvgIpc) is 2.26. The number of benzene rings is 1. The molecule has 0 radical (unpaired) electrons. The minimum atomic E-state index is -0.362. The highest BCUT2D eigenvalue weighted by molar-refractivity contribution is 9.10. The van der Waals surface area contributed by atoms with Crippen LogP contribution in [0, 0.1) is 5.82 Å². The first kappa shape index (κ1) is 10.9. The SMILES string of the molecule is Nc1cccnc1Nc1c(F)cccc1Br. The number of aromatic nitrogens is 1. The molecule has 3 nitrogen and oxygen atoms in total. The van der Waals surface area contributed by atoms with Gasteiger partial charge in [0, 0.05) is 10.7 Å². The molecule has 3 N–H and O–H groups in total. The maximum absolute atomic E-state index is 13.5. The molecule has 0 unspecified atom stereocenters. The standard InChI is InChI=1S/C11H9BrFN3/c12-7-3-1-4-8(13)10(7)16-11-9(14)5-2-6-15-11/h1-6H,14H2,(H,15,16). The third kappa shape index (κ3) is 2.14. The van der Waals surface area contributed by atoms with E-state index in [-0.39, 0.29) is 5.82 Å². The van der Waals surface area contributed by atoms with E-state index >= 15 is 0 Å². The van der Waals surface area contributed by atoms with Gasteiger partial charge in [-0.1, -0.05) is 6.07 Å². The van der Waals surface area contributed by atoms with Crippen LogP contribution < -0.4 is 11.1 Å². The molecule has 1 aromatic heterocycles. The Labute approximate surface area is 101 Å². The van der Waals surface area contributed by atoms with Gasteiger partial charge in [-0.25, -0.2) is 9.37 Å². The average molecular weight is 282 g/mol. The second-order valence-electron chi connectivity index (χ2n) is 3.16. The van der Waals surface area contributed by atoms with Crippen molar-refractivity contribution in [1.29, 1.82) is 0 Å². The van der Waals surface area contributed by atoms with Crippen LogP contribution >= 0.6 is 15.9 Å². The first-order chi connectivity index (χ1) is 7.68. The van der Waals surface area contributed by atoms with Crippen molar-refractivity contribution in [2.45, 2.75) is 0 Å². The zero-order valence-electron chi connectivity index (χ0n) is 8.24. The van der Waals surface area contributed by atoms with Crippen molar-refractivity contribution in [2.24, 2.45) is 0 Å². The van der Waals surface area contributed by atoms with Gasteiger partial charge >= 0.3 is 0 Å². The largest absolute Gasteiger partial charge is 0.396 e. The first-order valence-corrected chi connectivity index (χ1v) is 5.39. The topological polar surface area (TPSA) is 50.9 Å². The van der Waals surface area contributed by atoms with E-state index in [0.29, 0.717) is 21.7 Å². The number of para-hydroxylation sites is 1. The van der Waals surface area contributed by atoms with E-state index in [2.05, 4.69) is 26.2 Å². The lowest BCUT2D eigenvalue weighted by Crippen LogP contribution is -2.00. The number of nitrogen functional groups attached to an aromatic ring is 1. The summed E-state index contributed by atoms with van der Waals surface area (Å²) in [5, 5.41) is 2.85. The smallest absolute Gasteiger partial charge is 0.153 e. The van der Waals surface area contributed by atoms with Crippen molar-refractivity contribution in [2.75, 3.05) is 11.1 Å². The van der Waals surface area contributed by atoms with Crippen molar-refractivity contribution in [1.82, 2.24) is 4.98 Å². The van der Waals surface area contributed by atoms with Crippen molar-refractivity contribution in [3.63, 3.8) is 0 Å². The summed E-state index contributed by atoms with van der Waals surface area (Å²) in [4.78, 5) is 4.03. The zero-order chi connectivity index (χ0) is 11.5. The van der Waals surface area contributed by atoms with Crippen LogP contribution in [-0.2, 0) is 0 Å². The quantitative estimate of drug-likeness (QED) is 0.888. The Balaban J connectivity index is 2.38. The summed E-state index contributed by atoms with van der Waals surface area (Å²) in [5.41, 5.74) is 6.50. The Kier molecular flexibility index (Phi) is 3.05. The molecule has 0 fully saturated rings. The number of rotatable bonds is 2. The van der Waals surface area contributed by atoms with E-state index in [9.17, 15) is 4.39 Å². The van der Waals surface area contributed by atoms with E-state index in [0.717, 1.165) is 0 Å². The molecule has 2 rings (SSSR count). The van der Waals surface area contributed by atoms with Crippen LogP contribution in [0.4, 0.5) is 21.6 Å². The molecule has 2 aromatic rings. The predicted molar refractivity (Wildman–Crippen MR) is 66.0 cm³/mol. The van der Waals surface area contributed by atoms with Crippen molar-refractivity contribution in [3.8, 4) is 0 Å². The van der Waals surface area contributed by atoms with E-state index < -0.39 is 0 Å². The number of hydrogen-bond acceptors (Lipinski definition) is 3. The molecule has 0 saturated carbocycles. The molecule has 0 atom stereocenters. The van der Waals surface area contributed by atoms with E-state index in [1.54, 1.807) is 30.5 Å². The summed E-state index contributed by atoms with van der Waals surface area (Å²) in [5.74, 6) is 0.0766. The minimum Gasteiger partial charge on any atom is -0.396 e. The van der Waals surface area contributed by atoms with Gasteiger partial charge < -0.3 is 11.1 Å². The summed E-state index contributed by atoms with van der Waals surface area (Å²) in [7, 11) is 0. The van der Waals surface area contributed by atoms with E-state index in [4.69, 9.17) is 5.73 Å². The third-order valence-corrected chi connectivity index (χ3v) is 2.71. The molecule has 0 aliphatic rings. The van der Waals surface area contributed by atoms with Crippen molar-refractivity contribution < 1.29 is 4.39 Å². The molecular weight excluding hydrogens is 273 g/mol. The highest BCUT2D eigenvalue weighted by Gasteiger charge is 2.08. The summed E-state index contributed by atoms with van der Waals surface area (Å²) >= 11 is 3.26. The molecule has 0 bridgehead atoms. The number of hydrogen-bond donors (Lipinski definition) is 2. The molecule has 0 aliphatic carbocycles. The minimum absolute atomic E-state index is 0.327. The highest BCUT2D eigenvalue weighted by Crippen LogP contribution is 2.29. The number of nitrogens with one attached hydrogen (secondary N) is 1. The summed E-state index contributed by atoms with van der Waals surface area (Å²) in [6.07, 6.45) is 1.59. The normalized spacial score (nSPS) is 10.1. The number of pyridine rings is 1. The Morgan fingerprint density at radius 1 is 1.25 bits per heavy atom. The first-order valence-electron chi connectivity index (χ1n) is 4.60. The molecule has 1 aromatic carbocycles. The lowest BCUT2D eigenvalue weighted by atomic mass is 10.3. The number of anilines is 3. The van der Waals surface area contributed by atoms with Crippen LogP contribution in [0.25, 0.3) is 0 Å². The molecule has 82 valence electrons. The molecule has 0 aliphatic heterocycles. The zero-order valence-corrected chi connectivity index (χ0v) is 9.83. The van der Waals surface area contributed by atoms with Gasteiger partial charge in [0.05, 0.1) is 11.4 Å². The lowest BCUT2D eigenvalue weighted by molar-refractivity contribution is 0.631. The Morgan fingerprint density at radius 2 is 2.06 bits per heavy atom. The van der Waals surface area contributed by atoms with Gasteiger partial charge in [0.1, 0.15) is 5.82 Å². The lowest BCUT2D eigenvalue weighted by Gasteiger charge is -2.10. The second-order valence-corrected chi connectivity index (χ2v) is 4.02. The van der Waals surface area contributed by atoms with Crippen molar-refractivity contribution in [3.05, 3.63) is 46.8 Å². The molecule has 0 saturated heterocycles. The fraction of sp³-hybridized carbons (Fsp3) is 0. The summed E-state index contributed by atoms with van der Waals surface area (Å²) in [6, 6.07) is 8.14. The predicted octanol–water partition coefficient (Wildman–Crippen LogP) is 3.31. The van der Waals surface area contributed by atoms with Crippen LogP contribution in [0.3, 0.4) is 0 Å². The van der Waals surface area contributed by atoms with Gasteiger partial charge in [-0.3, -0.25) is 0 Å². The molecule has 16 heavy (non-hydrogen) atoms. The Bertz CT molecular complexity index is 496. The summed E-state index contributed by atoms with van der Waals surface area (Å²) < 4.78 is 14.1. The summed E-state index contributed by atoms with van der Waals surface area (Å²) in [6.45, 7) is 0. The van der Waals surface area contributed by atoms with E-state index in [1.807, 2.05) is 0 Å². The van der Waals surface area contributed by atoms with Gasteiger partial charge in [0.2, 0.25) is 0 Å². The van der Waals surface area contributed by atoms with E-state index in [1.165, 1.54) is 6.07 Å². The van der Waals surface area contributed by atoms with Gasteiger partial charge in [-0.05, 0) is 40.2 Å². The molecule has 5 heteroatoms. The van der Waals surface area contributed by atoms with Crippen LogP contribution in [0.15, 0.2) is 41.0 Å². The fourth-order valence-corrected chi connectivity index (χ4v) is 1.70. The second kappa shape index (κ2) is 4.49. The number of nitrogens with two attached hydrogens (primary N) is 1. The molecule has 1 heterocycles. The highest BCUT2D eigenvalue weighted by atomic mass is 79.9. The van der Waals surface area contributed by atoms with Crippen LogP contribution in [0.1, 0.15) is 0 Å². The Hall–Kier alpha value is -1.62. The van der Waals surface area contributed by atoms with Crippen LogP contribution in [0.2, 0.25) is 0 Å².